The number of nitrogens with zero attached hydrogens (tertiary/aromatic N) is 1. The van der Waals surface area contributed by atoms with Crippen LogP contribution in [-0.4, -0.2) is 29.2 Å². The number of furan rings is 1. The summed E-state index contributed by atoms with van der Waals surface area (Å²) >= 11 is 4.11. The van der Waals surface area contributed by atoms with Gasteiger partial charge in [-0.25, -0.2) is 0 Å². The van der Waals surface area contributed by atoms with E-state index in [1.807, 2.05) is 42.5 Å². The highest BCUT2D eigenvalue weighted by molar-refractivity contribution is 9.10. The quantitative estimate of drug-likeness (QED) is 0.500. The number of amides is 2. The molecule has 1 aliphatic heterocycles. The molecule has 27 heavy (non-hydrogen) atoms. The largest absolute Gasteiger partial charge is 0.491 e. The molecule has 0 unspecified atom stereocenters. The molecule has 0 radical (unpaired) electrons. The smallest absolute Gasteiger partial charge is 0.293 e. The number of thioether (sulfide) groups is 1. The van der Waals surface area contributed by atoms with Crippen molar-refractivity contribution in [2.45, 2.75) is 0 Å². The molecule has 0 bridgehead atoms. The number of fused-ring (bicyclic) bond motifs is 1. The number of benzene rings is 2. The Balaban J connectivity index is 1.43. The summed E-state index contributed by atoms with van der Waals surface area (Å²) < 4.78 is 11.8. The minimum Gasteiger partial charge on any atom is -0.491 e. The molecule has 0 spiro atoms. The summed E-state index contributed by atoms with van der Waals surface area (Å²) in [7, 11) is 0. The lowest BCUT2D eigenvalue weighted by molar-refractivity contribution is -0.123. The number of hydrogen-bond donors (Lipinski definition) is 0. The second-order valence-electron chi connectivity index (χ2n) is 5.80. The molecular weight excluding hydrogens is 430 g/mol. The number of hydrogen-bond acceptors (Lipinski definition) is 5. The zero-order valence-electron chi connectivity index (χ0n) is 14.1. The Hall–Kier alpha value is -2.51. The van der Waals surface area contributed by atoms with Gasteiger partial charge in [0.2, 0.25) is 0 Å². The van der Waals surface area contributed by atoms with Gasteiger partial charge in [-0.15, -0.1) is 0 Å². The lowest BCUT2D eigenvalue weighted by atomic mass is 10.1. The molecule has 2 amide bonds. The molecule has 3 aromatic rings. The molecule has 1 aromatic heterocycles. The van der Waals surface area contributed by atoms with Gasteiger partial charge in [-0.2, -0.15) is 0 Å². The SMILES string of the molecule is O=C1S/C(=C\c2ccc(Br)o2)C(=O)N1CCOc1cccc2ccccc12. The first-order chi connectivity index (χ1) is 13.1. The van der Waals surface area contributed by atoms with Crippen molar-refractivity contribution in [3.8, 4) is 5.75 Å². The van der Waals surface area contributed by atoms with Crippen molar-refractivity contribution in [1.82, 2.24) is 4.90 Å². The normalized spacial score (nSPS) is 15.9. The summed E-state index contributed by atoms with van der Waals surface area (Å²) in [4.78, 5) is 26.2. The lowest BCUT2D eigenvalue weighted by Gasteiger charge is -2.14. The van der Waals surface area contributed by atoms with Crippen LogP contribution in [0, 0.1) is 0 Å². The van der Waals surface area contributed by atoms with Crippen molar-refractivity contribution in [3.63, 3.8) is 0 Å². The van der Waals surface area contributed by atoms with Gasteiger partial charge in [0.05, 0.1) is 11.4 Å². The van der Waals surface area contributed by atoms with E-state index in [-0.39, 0.29) is 24.3 Å². The summed E-state index contributed by atoms with van der Waals surface area (Å²) in [5.74, 6) is 0.912. The van der Waals surface area contributed by atoms with Crippen molar-refractivity contribution >= 4 is 55.7 Å². The van der Waals surface area contributed by atoms with Gasteiger partial charge in [-0.3, -0.25) is 14.5 Å². The van der Waals surface area contributed by atoms with Crippen LogP contribution < -0.4 is 4.74 Å². The third kappa shape index (κ3) is 3.79. The fraction of sp³-hybridized carbons (Fsp3) is 0.100. The number of rotatable bonds is 5. The molecule has 0 saturated carbocycles. The van der Waals surface area contributed by atoms with Gasteiger partial charge in [0.1, 0.15) is 18.1 Å². The molecule has 7 heteroatoms. The predicted octanol–water partition coefficient (Wildman–Crippen LogP) is 5.31. The number of imide groups is 1. The average Bonchev–Trinajstić information content (AvgIpc) is 3.19. The first-order valence-electron chi connectivity index (χ1n) is 8.23. The van der Waals surface area contributed by atoms with Gasteiger partial charge < -0.3 is 9.15 Å². The second kappa shape index (κ2) is 7.62. The maximum Gasteiger partial charge on any atom is 0.293 e. The third-order valence-corrected chi connectivity index (χ3v) is 5.40. The van der Waals surface area contributed by atoms with Gasteiger partial charge >= 0.3 is 0 Å². The first-order valence-corrected chi connectivity index (χ1v) is 9.84. The average molecular weight is 444 g/mol. The molecule has 1 fully saturated rings. The van der Waals surface area contributed by atoms with Gasteiger partial charge in [-0.1, -0.05) is 36.4 Å². The van der Waals surface area contributed by atoms with Crippen LogP contribution in [0.25, 0.3) is 16.8 Å². The van der Waals surface area contributed by atoms with E-state index in [0.717, 1.165) is 28.3 Å². The van der Waals surface area contributed by atoms with E-state index < -0.39 is 0 Å². The fourth-order valence-electron chi connectivity index (χ4n) is 2.80. The Morgan fingerprint density at radius 3 is 2.70 bits per heavy atom. The van der Waals surface area contributed by atoms with Gasteiger partial charge in [-0.05, 0) is 51.3 Å². The van der Waals surface area contributed by atoms with E-state index in [9.17, 15) is 9.59 Å². The minimum absolute atomic E-state index is 0.188. The molecule has 2 heterocycles. The van der Waals surface area contributed by atoms with Crippen LogP contribution in [0.4, 0.5) is 4.79 Å². The third-order valence-electron chi connectivity index (χ3n) is 4.06. The summed E-state index contributed by atoms with van der Waals surface area (Å²) in [5.41, 5.74) is 0. The van der Waals surface area contributed by atoms with Crippen LogP contribution in [0.5, 0.6) is 5.75 Å². The standard InChI is InChI=1S/C20H14BrNO4S/c21-18-9-8-14(26-18)12-17-19(23)22(20(24)27-17)10-11-25-16-7-3-5-13-4-1-2-6-15(13)16/h1-9,12H,10-11H2/b17-12-. The number of carbonyl (C=O) groups is 2. The summed E-state index contributed by atoms with van der Waals surface area (Å²) in [6, 6.07) is 17.2. The van der Waals surface area contributed by atoms with Crippen LogP contribution in [-0.2, 0) is 4.79 Å². The number of halogens is 1. The topological polar surface area (TPSA) is 59.8 Å². The van der Waals surface area contributed by atoms with E-state index in [1.54, 1.807) is 18.2 Å². The van der Waals surface area contributed by atoms with Gasteiger partial charge in [0.25, 0.3) is 11.1 Å². The first kappa shape index (κ1) is 17.9. The van der Waals surface area contributed by atoms with E-state index in [0.29, 0.717) is 15.3 Å². The predicted molar refractivity (Wildman–Crippen MR) is 109 cm³/mol. The summed E-state index contributed by atoms with van der Waals surface area (Å²) in [6.45, 7) is 0.415. The zero-order valence-corrected chi connectivity index (χ0v) is 16.5. The van der Waals surface area contributed by atoms with Crippen LogP contribution >= 0.6 is 27.7 Å². The minimum atomic E-state index is -0.334. The fourth-order valence-corrected chi connectivity index (χ4v) is 3.96. The van der Waals surface area contributed by atoms with Gasteiger partial charge in [0.15, 0.2) is 4.67 Å². The molecule has 4 rings (SSSR count). The van der Waals surface area contributed by atoms with E-state index in [2.05, 4.69) is 15.9 Å². The zero-order chi connectivity index (χ0) is 18.8. The van der Waals surface area contributed by atoms with Gasteiger partial charge in [0, 0.05) is 11.5 Å². The maximum atomic E-state index is 12.5. The van der Waals surface area contributed by atoms with E-state index in [4.69, 9.17) is 9.15 Å². The molecule has 0 aliphatic carbocycles. The Morgan fingerprint density at radius 2 is 1.89 bits per heavy atom. The van der Waals surface area contributed by atoms with Crippen molar-refractivity contribution in [1.29, 1.82) is 0 Å². The van der Waals surface area contributed by atoms with Crippen LogP contribution in [0.2, 0.25) is 0 Å². The summed E-state index contributed by atoms with van der Waals surface area (Å²) in [5, 5.41) is 1.77. The number of carbonyl (C=O) groups excluding carboxylic acids is 2. The molecule has 5 nitrogen and oxygen atoms in total. The molecule has 2 aromatic carbocycles. The molecule has 1 aliphatic rings. The second-order valence-corrected chi connectivity index (χ2v) is 7.58. The highest BCUT2D eigenvalue weighted by Crippen LogP contribution is 2.33. The molecule has 0 atom stereocenters. The Labute approximate surface area is 168 Å². The Bertz CT molecular complexity index is 1050. The van der Waals surface area contributed by atoms with E-state index >= 15 is 0 Å². The maximum absolute atomic E-state index is 12.5. The van der Waals surface area contributed by atoms with Crippen LogP contribution in [0.1, 0.15) is 5.76 Å². The monoisotopic (exact) mass is 443 g/mol. The van der Waals surface area contributed by atoms with Crippen molar-refractivity contribution in [3.05, 3.63) is 69.9 Å². The lowest BCUT2D eigenvalue weighted by Crippen LogP contribution is -2.32. The highest BCUT2D eigenvalue weighted by Gasteiger charge is 2.35. The van der Waals surface area contributed by atoms with Crippen LogP contribution in [0.15, 0.2) is 68.6 Å². The van der Waals surface area contributed by atoms with E-state index in [1.165, 1.54) is 4.90 Å². The van der Waals surface area contributed by atoms with Crippen LogP contribution in [0.3, 0.4) is 0 Å². The Morgan fingerprint density at radius 1 is 1.07 bits per heavy atom. The number of ether oxygens (including phenoxy) is 1. The highest BCUT2D eigenvalue weighted by atomic mass is 79.9. The molecule has 136 valence electrons. The van der Waals surface area contributed by atoms with Crippen molar-refractivity contribution < 1.29 is 18.7 Å². The van der Waals surface area contributed by atoms with Crippen molar-refractivity contribution in [2.24, 2.45) is 0 Å². The molecule has 1 saturated heterocycles. The summed E-state index contributed by atoms with van der Waals surface area (Å²) in [6.07, 6.45) is 1.57. The molecule has 0 N–H and O–H groups in total. The van der Waals surface area contributed by atoms with Crippen molar-refractivity contribution in [2.75, 3.05) is 13.2 Å². The molecular formula is C20H14BrNO4S. The Kier molecular flexibility index (Phi) is 5.05.